The zero-order chi connectivity index (χ0) is 12.8. The van der Waals surface area contributed by atoms with Crippen molar-refractivity contribution < 1.29 is 4.79 Å². The average Bonchev–Trinajstić information content (AvgIpc) is 2.80. The van der Waals surface area contributed by atoms with E-state index in [0.717, 1.165) is 32.0 Å². The Balaban J connectivity index is 1.45. The van der Waals surface area contributed by atoms with E-state index in [2.05, 4.69) is 26.6 Å². The molecular weight excluding hydrogens is 256 g/mol. The van der Waals surface area contributed by atoms with E-state index in [9.17, 15) is 4.79 Å². The highest BCUT2D eigenvalue weighted by Crippen LogP contribution is 2.37. The van der Waals surface area contributed by atoms with Gasteiger partial charge >= 0.3 is 0 Å². The summed E-state index contributed by atoms with van der Waals surface area (Å²) in [6.07, 6.45) is 4.59. The maximum absolute atomic E-state index is 12.2. The molecule has 0 N–H and O–H groups in total. The lowest BCUT2D eigenvalue weighted by atomic mass is 10.1. The molecule has 1 aromatic heterocycles. The zero-order valence-corrected chi connectivity index (χ0v) is 11.9. The van der Waals surface area contributed by atoms with Crippen LogP contribution in [0.5, 0.6) is 0 Å². The lowest BCUT2D eigenvalue weighted by Gasteiger charge is -2.25. The second-order valence-electron chi connectivity index (χ2n) is 6.22. The number of hydrogen-bond donors (Lipinski definition) is 0. The number of hydrogen-bond acceptors (Lipinski definition) is 3. The number of likely N-dealkylation sites (tertiary alicyclic amines) is 2. The van der Waals surface area contributed by atoms with Crippen LogP contribution in [0, 0.1) is 5.92 Å². The van der Waals surface area contributed by atoms with Crippen LogP contribution in [-0.2, 0) is 11.3 Å². The highest BCUT2D eigenvalue weighted by molar-refractivity contribution is 7.07. The van der Waals surface area contributed by atoms with Gasteiger partial charge in [0.15, 0.2) is 0 Å². The number of nitrogens with zero attached hydrogens (tertiary/aromatic N) is 2. The third-order valence-electron chi connectivity index (χ3n) is 4.85. The summed E-state index contributed by atoms with van der Waals surface area (Å²) in [7, 11) is 0. The third kappa shape index (κ3) is 2.21. The van der Waals surface area contributed by atoms with E-state index in [1.807, 2.05) is 0 Å². The van der Waals surface area contributed by atoms with Crippen molar-refractivity contribution in [1.29, 1.82) is 0 Å². The maximum Gasteiger partial charge on any atom is 0.224 e. The lowest BCUT2D eigenvalue weighted by molar-refractivity contribution is -0.129. The van der Waals surface area contributed by atoms with E-state index in [-0.39, 0.29) is 0 Å². The second-order valence-corrected chi connectivity index (χ2v) is 7.00. The van der Waals surface area contributed by atoms with E-state index in [1.54, 1.807) is 11.3 Å². The molecule has 4 heteroatoms. The van der Waals surface area contributed by atoms with Crippen LogP contribution in [0.1, 0.15) is 31.2 Å². The van der Waals surface area contributed by atoms with Crippen molar-refractivity contribution in [3.05, 3.63) is 22.4 Å². The highest BCUT2D eigenvalue weighted by atomic mass is 32.1. The van der Waals surface area contributed by atoms with Gasteiger partial charge in [-0.2, -0.15) is 11.3 Å². The highest BCUT2D eigenvalue weighted by Gasteiger charge is 2.47. The standard InChI is InChI=1S/C15H20N2OS/c18-15-7-14-13(17(15)9-11-1-2-11)3-5-16(14)8-12-4-6-19-10-12/h4,6,10-11,13-14H,1-3,5,7-9H2/t13-,14-/m1/s1. The first-order valence-corrected chi connectivity index (χ1v) is 8.30. The molecular formula is C15H20N2OS. The van der Waals surface area contributed by atoms with Crippen molar-refractivity contribution in [3.63, 3.8) is 0 Å². The summed E-state index contributed by atoms with van der Waals surface area (Å²) in [6, 6.07) is 3.19. The van der Waals surface area contributed by atoms with Crippen LogP contribution in [0.25, 0.3) is 0 Å². The number of thiophene rings is 1. The Morgan fingerprint density at radius 3 is 2.89 bits per heavy atom. The summed E-state index contributed by atoms with van der Waals surface area (Å²) in [5.74, 6) is 1.21. The molecule has 0 unspecified atom stereocenters. The summed E-state index contributed by atoms with van der Waals surface area (Å²) in [5.41, 5.74) is 1.40. The van der Waals surface area contributed by atoms with E-state index in [4.69, 9.17) is 0 Å². The van der Waals surface area contributed by atoms with Gasteiger partial charge < -0.3 is 4.90 Å². The molecule has 3 fully saturated rings. The minimum Gasteiger partial charge on any atom is -0.338 e. The van der Waals surface area contributed by atoms with Gasteiger partial charge in [0.05, 0.1) is 0 Å². The first kappa shape index (κ1) is 11.9. The van der Waals surface area contributed by atoms with Crippen LogP contribution >= 0.6 is 11.3 Å². The fourth-order valence-corrected chi connectivity index (χ4v) is 4.30. The Hall–Kier alpha value is -0.870. The summed E-state index contributed by atoms with van der Waals surface area (Å²) in [4.78, 5) is 16.9. The van der Waals surface area contributed by atoms with Gasteiger partial charge in [-0.05, 0) is 47.6 Å². The van der Waals surface area contributed by atoms with Gasteiger partial charge in [0.2, 0.25) is 5.91 Å². The Morgan fingerprint density at radius 1 is 1.26 bits per heavy atom. The van der Waals surface area contributed by atoms with Gasteiger partial charge in [0.1, 0.15) is 0 Å². The Kier molecular flexibility index (Phi) is 2.88. The molecule has 0 bridgehead atoms. The van der Waals surface area contributed by atoms with Crippen molar-refractivity contribution >= 4 is 17.2 Å². The van der Waals surface area contributed by atoms with E-state index in [1.165, 1.54) is 24.8 Å². The monoisotopic (exact) mass is 276 g/mol. The first-order chi connectivity index (χ1) is 9.31. The van der Waals surface area contributed by atoms with Crippen molar-refractivity contribution in [1.82, 2.24) is 9.80 Å². The topological polar surface area (TPSA) is 23.6 Å². The molecule has 1 amide bonds. The van der Waals surface area contributed by atoms with E-state index < -0.39 is 0 Å². The lowest BCUT2D eigenvalue weighted by Crippen LogP contribution is -2.38. The van der Waals surface area contributed by atoms with Crippen molar-refractivity contribution in [2.24, 2.45) is 5.92 Å². The summed E-state index contributed by atoms with van der Waals surface area (Å²) in [6.45, 7) is 3.21. The maximum atomic E-state index is 12.2. The quantitative estimate of drug-likeness (QED) is 0.842. The van der Waals surface area contributed by atoms with Gasteiger partial charge in [0.25, 0.3) is 0 Å². The van der Waals surface area contributed by atoms with Crippen molar-refractivity contribution in [3.8, 4) is 0 Å². The Labute approximate surface area is 118 Å². The van der Waals surface area contributed by atoms with Gasteiger partial charge in [-0.1, -0.05) is 0 Å². The van der Waals surface area contributed by atoms with Gasteiger partial charge in [-0.3, -0.25) is 9.69 Å². The molecule has 2 atom stereocenters. The molecule has 2 aliphatic heterocycles. The van der Waals surface area contributed by atoms with Gasteiger partial charge in [-0.15, -0.1) is 0 Å². The normalized spacial score (nSPS) is 31.2. The van der Waals surface area contributed by atoms with Crippen LogP contribution in [0.4, 0.5) is 0 Å². The molecule has 1 aromatic rings. The average molecular weight is 276 g/mol. The molecule has 3 aliphatic rings. The fraction of sp³-hybridized carbons (Fsp3) is 0.667. The Bertz CT molecular complexity index is 468. The van der Waals surface area contributed by atoms with Crippen molar-refractivity contribution in [2.45, 2.75) is 44.3 Å². The molecule has 0 radical (unpaired) electrons. The first-order valence-electron chi connectivity index (χ1n) is 7.36. The molecule has 0 aromatic carbocycles. The number of carbonyl (C=O) groups excluding carboxylic acids is 1. The van der Waals surface area contributed by atoms with Crippen molar-refractivity contribution in [2.75, 3.05) is 13.1 Å². The number of carbonyl (C=O) groups is 1. The van der Waals surface area contributed by atoms with Crippen LogP contribution in [-0.4, -0.2) is 40.9 Å². The Morgan fingerprint density at radius 2 is 2.16 bits per heavy atom. The van der Waals surface area contributed by atoms with Crippen LogP contribution in [0.2, 0.25) is 0 Å². The van der Waals surface area contributed by atoms with E-state index in [0.29, 0.717) is 18.0 Å². The SMILES string of the molecule is O=C1C[C@@H]2[C@@H](CCN2Cc2ccsc2)N1CC1CC1. The summed E-state index contributed by atoms with van der Waals surface area (Å²) in [5, 5.41) is 4.37. The molecule has 4 rings (SSSR count). The van der Waals surface area contributed by atoms with Crippen LogP contribution < -0.4 is 0 Å². The molecule has 102 valence electrons. The fourth-order valence-electron chi connectivity index (χ4n) is 3.64. The predicted molar refractivity (Wildman–Crippen MR) is 76.0 cm³/mol. The molecule has 3 heterocycles. The van der Waals surface area contributed by atoms with Gasteiger partial charge in [0, 0.05) is 38.1 Å². The molecule has 0 spiro atoms. The third-order valence-corrected chi connectivity index (χ3v) is 5.58. The molecule has 1 aliphatic carbocycles. The minimum atomic E-state index is 0.400. The predicted octanol–water partition coefficient (Wildman–Crippen LogP) is 2.33. The molecule has 1 saturated carbocycles. The molecule has 3 nitrogen and oxygen atoms in total. The second kappa shape index (κ2) is 4.60. The smallest absolute Gasteiger partial charge is 0.224 e. The van der Waals surface area contributed by atoms with Gasteiger partial charge in [-0.25, -0.2) is 0 Å². The number of amides is 1. The van der Waals surface area contributed by atoms with Crippen LogP contribution in [0.3, 0.4) is 0 Å². The summed E-state index contributed by atoms with van der Waals surface area (Å²) >= 11 is 1.76. The molecule has 2 saturated heterocycles. The zero-order valence-electron chi connectivity index (χ0n) is 11.1. The van der Waals surface area contributed by atoms with Crippen LogP contribution in [0.15, 0.2) is 16.8 Å². The summed E-state index contributed by atoms with van der Waals surface area (Å²) < 4.78 is 0. The largest absolute Gasteiger partial charge is 0.338 e. The van der Waals surface area contributed by atoms with E-state index >= 15 is 0 Å². The minimum absolute atomic E-state index is 0.400. The molecule has 19 heavy (non-hydrogen) atoms. The number of rotatable bonds is 4. The number of fused-ring (bicyclic) bond motifs is 1.